The molecule has 0 spiro atoms. The summed E-state index contributed by atoms with van der Waals surface area (Å²) in [6, 6.07) is 2.58. The molecule has 0 N–H and O–H groups in total. The summed E-state index contributed by atoms with van der Waals surface area (Å²) in [6.07, 6.45) is -0.118. The Morgan fingerprint density at radius 3 is 2.59 bits per heavy atom. The number of hydrogen-bond acceptors (Lipinski definition) is 2. The molecular weight excluding hydrogens is 307 g/mol. The van der Waals surface area contributed by atoms with Crippen molar-refractivity contribution in [3.05, 3.63) is 59.7 Å². The molecule has 0 amide bonds. The van der Waals surface area contributed by atoms with Crippen LogP contribution in [-0.2, 0) is 6.54 Å². The van der Waals surface area contributed by atoms with Crippen molar-refractivity contribution in [3.63, 3.8) is 0 Å². The number of allylic oxidation sites excluding steroid dienone is 1. The predicted octanol–water partition coefficient (Wildman–Crippen LogP) is 3.62. The van der Waals surface area contributed by atoms with E-state index in [9.17, 15) is 26.7 Å². The van der Waals surface area contributed by atoms with E-state index >= 15 is 0 Å². The van der Waals surface area contributed by atoms with Gasteiger partial charge in [-0.1, -0.05) is 0 Å². The van der Waals surface area contributed by atoms with Crippen molar-refractivity contribution < 1.29 is 26.7 Å². The largest absolute Gasteiger partial charge is 0.406 e. The van der Waals surface area contributed by atoms with Crippen LogP contribution in [0.4, 0.5) is 22.0 Å². The van der Waals surface area contributed by atoms with Gasteiger partial charge >= 0.3 is 6.18 Å². The summed E-state index contributed by atoms with van der Waals surface area (Å²) in [7, 11) is 0. The van der Waals surface area contributed by atoms with Crippen LogP contribution in [0.1, 0.15) is 16.2 Å². The SMILES string of the molecule is O=C(/C=C\c1nccn1CC(F)(F)F)c1ccc(F)c(F)c1. The van der Waals surface area contributed by atoms with Gasteiger partial charge in [0.2, 0.25) is 0 Å². The maximum Gasteiger partial charge on any atom is 0.406 e. The molecule has 0 fully saturated rings. The van der Waals surface area contributed by atoms with Gasteiger partial charge in [-0.05, 0) is 30.4 Å². The molecule has 0 aliphatic heterocycles. The van der Waals surface area contributed by atoms with E-state index in [1.54, 1.807) is 0 Å². The average molecular weight is 316 g/mol. The van der Waals surface area contributed by atoms with Crippen LogP contribution in [0.5, 0.6) is 0 Å². The van der Waals surface area contributed by atoms with Crippen molar-refractivity contribution in [1.29, 1.82) is 0 Å². The first-order chi connectivity index (χ1) is 10.3. The fraction of sp³-hybridized carbons (Fsp3) is 0.143. The minimum atomic E-state index is -4.42. The van der Waals surface area contributed by atoms with Gasteiger partial charge in [-0.3, -0.25) is 4.79 Å². The number of hydrogen-bond donors (Lipinski definition) is 0. The molecular formula is C14H9F5N2O. The van der Waals surface area contributed by atoms with Crippen molar-refractivity contribution in [3.8, 4) is 0 Å². The molecule has 0 radical (unpaired) electrons. The van der Waals surface area contributed by atoms with Crippen LogP contribution in [0.15, 0.2) is 36.7 Å². The summed E-state index contributed by atoms with van der Waals surface area (Å²) in [5.74, 6) is -3.03. The lowest BCUT2D eigenvalue weighted by Gasteiger charge is -2.08. The Kier molecular flexibility index (Phi) is 4.39. The summed E-state index contributed by atoms with van der Waals surface area (Å²) < 4.78 is 63.6. The van der Waals surface area contributed by atoms with Gasteiger partial charge in [0.1, 0.15) is 12.4 Å². The Hall–Kier alpha value is -2.51. The first-order valence-electron chi connectivity index (χ1n) is 6.01. The van der Waals surface area contributed by atoms with Crippen LogP contribution in [-0.4, -0.2) is 21.5 Å². The molecule has 0 aliphatic carbocycles. The highest BCUT2D eigenvalue weighted by molar-refractivity contribution is 6.06. The highest BCUT2D eigenvalue weighted by Gasteiger charge is 2.28. The van der Waals surface area contributed by atoms with Gasteiger partial charge in [0.15, 0.2) is 17.4 Å². The molecule has 8 heteroatoms. The number of alkyl halides is 3. The van der Waals surface area contributed by atoms with Gasteiger partial charge in [0.25, 0.3) is 0 Å². The van der Waals surface area contributed by atoms with Gasteiger partial charge in [0, 0.05) is 18.0 Å². The summed E-state index contributed by atoms with van der Waals surface area (Å²) >= 11 is 0. The van der Waals surface area contributed by atoms with Crippen LogP contribution in [0, 0.1) is 11.6 Å². The second-order valence-electron chi connectivity index (χ2n) is 4.35. The maximum atomic E-state index is 13.0. The lowest BCUT2D eigenvalue weighted by Crippen LogP contribution is -2.18. The van der Waals surface area contributed by atoms with E-state index in [0.29, 0.717) is 6.07 Å². The molecule has 1 heterocycles. The number of carbonyl (C=O) groups excluding carboxylic acids is 1. The minimum absolute atomic E-state index is 0.0757. The Bertz CT molecular complexity index is 718. The summed E-state index contributed by atoms with van der Waals surface area (Å²) in [5, 5.41) is 0. The Morgan fingerprint density at radius 2 is 1.95 bits per heavy atom. The zero-order valence-corrected chi connectivity index (χ0v) is 10.9. The number of benzene rings is 1. The van der Waals surface area contributed by atoms with Crippen molar-refractivity contribution in [2.45, 2.75) is 12.7 Å². The Labute approximate surface area is 121 Å². The number of imidazole rings is 1. The first kappa shape index (κ1) is 15.9. The smallest absolute Gasteiger partial charge is 0.322 e. The van der Waals surface area contributed by atoms with E-state index in [-0.39, 0.29) is 11.4 Å². The third-order valence-electron chi connectivity index (χ3n) is 2.69. The monoisotopic (exact) mass is 316 g/mol. The summed E-state index contributed by atoms with van der Waals surface area (Å²) in [6.45, 7) is -1.24. The van der Waals surface area contributed by atoms with Crippen molar-refractivity contribution >= 4 is 11.9 Å². The molecule has 0 bridgehead atoms. The molecule has 0 saturated carbocycles. The lowest BCUT2D eigenvalue weighted by molar-refractivity contribution is -0.140. The molecule has 3 nitrogen and oxygen atoms in total. The van der Waals surface area contributed by atoms with Gasteiger partial charge in [0.05, 0.1) is 0 Å². The van der Waals surface area contributed by atoms with Crippen LogP contribution >= 0.6 is 0 Å². The van der Waals surface area contributed by atoms with Gasteiger partial charge in [-0.15, -0.1) is 0 Å². The van der Waals surface area contributed by atoms with E-state index in [1.165, 1.54) is 0 Å². The summed E-state index contributed by atoms with van der Waals surface area (Å²) in [5.41, 5.74) is -0.121. The molecule has 2 aromatic rings. The second kappa shape index (κ2) is 6.08. The average Bonchev–Trinajstić information content (AvgIpc) is 2.84. The van der Waals surface area contributed by atoms with E-state index in [0.717, 1.165) is 41.2 Å². The highest BCUT2D eigenvalue weighted by atomic mass is 19.4. The minimum Gasteiger partial charge on any atom is -0.322 e. The normalized spacial score (nSPS) is 12.0. The van der Waals surface area contributed by atoms with Crippen molar-refractivity contribution in [2.24, 2.45) is 0 Å². The first-order valence-corrected chi connectivity index (χ1v) is 6.01. The molecule has 0 atom stereocenters. The quantitative estimate of drug-likeness (QED) is 0.490. The van der Waals surface area contributed by atoms with Gasteiger partial charge in [-0.25, -0.2) is 13.8 Å². The van der Waals surface area contributed by atoms with E-state index in [4.69, 9.17) is 0 Å². The predicted molar refractivity (Wildman–Crippen MR) is 68.0 cm³/mol. The molecule has 0 unspecified atom stereocenters. The van der Waals surface area contributed by atoms with Gasteiger partial charge < -0.3 is 4.57 Å². The standard InChI is InChI=1S/C14H9F5N2O/c15-10-2-1-9(7-11(10)16)12(22)3-4-13-20-5-6-21(13)8-14(17,18)19/h1-7H,8H2/b4-3-. The Morgan fingerprint density at radius 1 is 1.23 bits per heavy atom. The van der Waals surface area contributed by atoms with Gasteiger partial charge in [-0.2, -0.15) is 13.2 Å². The van der Waals surface area contributed by atoms with Crippen LogP contribution in [0.2, 0.25) is 0 Å². The maximum absolute atomic E-state index is 13.0. The summed E-state index contributed by atoms with van der Waals surface area (Å²) in [4.78, 5) is 15.5. The second-order valence-corrected chi connectivity index (χ2v) is 4.35. The molecule has 0 saturated heterocycles. The van der Waals surface area contributed by atoms with E-state index < -0.39 is 30.1 Å². The number of carbonyl (C=O) groups is 1. The fourth-order valence-corrected chi connectivity index (χ4v) is 1.70. The van der Waals surface area contributed by atoms with E-state index in [1.807, 2.05) is 0 Å². The number of halogens is 5. The van der Waals surface area contributed by atoms with Crippen LogP contribution in [0.25, 0.3) is 6.08 Å². The molecule has 22 heavy (non-hydrogen) atoms. The molecule has 1 aromatic heterocycles. The highest BCUT2D eigenvalue weighted by Crippen LogP contribution is 2.18. The number of rotatable bonds is 4. The number of nitrogens with zero attached hydrogens (tertiary/aromatic N) is 2. The fourth-order valence-electron chi connectivity index (χ4n) is 1.70. The Balaban J connectivity index is 2.16. The zero-order valence-electron chi connectivity index (χ0n) is 10.9. The van der Waals surface area contributed by atoms with Crippen LogP contribution < -0.4 is 0 Å². The lowest BCUT2D eigenvalue weighted by atomic mass is 10.1. The number of aromatic nitrogens is 2. The molecule has 0 aliphatic rings. The van der Waals surface area contributed by atoms with Crippen molar-refractivity contribution in [2.75, 3.05) is 0 Å². The van der Waals surface area contributed by atoms with Crippen molar-refractivity contribution in [1.82, 2.24) is 9.55 Å². The third-order valence-corrected chi connectivity index (χ3v) is 2.69. The third kappa shape index (κ3) is 4.00. The van der Waals surface area contributed by atoms with E-state index in [2.05, 4.69) is 4.98 Å². The molecule has 2 rings (SSSR count). The number of ketones is 1. The topological polar surface area (TPSA) is 34.9 Å². The van der Waals surface area contributed by atoms with Crippen LogP contribution in [0.3, 0.4) is 0 Å². The molecule has 1 aromatic carbocycles. The molecule has 116 valence electrons. The zero-order chi connectivity index (χ0) is 16.3.